The van der Waals surface area contributed by atoms with Crippen LogP contribution in [0.3, 0.4) is 0 Å². The summed E-state index contributed by atoms with van der Waals surface area (Å²) in [6.45, 7) is 9.10. The maximum Gasteiger partial charge on any atom is 0.00952 e. The highest BCUT2D eigenvalue weighted by Crippen LogP contribution is 2.33. The molecule has 1 saturated heterocycles. The Morgan fingerprint density at radius 1 is 0.952 bits per heavy atom. The Hall–Kier alpha value is -1.08. The summed E-state index contributed by atoms with van der Waals surface area (Å²) in [5, 5.41) is 0. The first-order valence-corrected chi connectivity index (χ1v) is 8.74. The first-order valence-electron chi connectivity index (χ1n) is 8.74. The van der Waals surface area contributed by atoms with Gasteiger partial charge in [0.1, 0.15) is 0 Å². The molecule has 1 heteroatoms. The molecule has 0 atom stereocenters. The normalized spacial score (nSPS) is 22.3. The Kier molecular flexibility index (Phi) is 4.80. The van der Waals surface area contributed by atoms with Crippen molar-refractivity contribution in [3.63, 3.8) is 0 Å². The van der Waals surface area contributed by atoms with Gasteiger partial charge in [-0.3, -0.25) is 0 Å². The minimum absolute atomic E-state index is 0.688. The van der Waals surface area contributed by atoms with E-state index in [4.69, 9.17) is 0 Å². The summed E-state index contributed by atoms with van der Waals surface area (Å²) in [6, 6.07) is 9.78. The van der Waals surface area contributed by atoms with E-state index in [0.717, 1.165) is 6.04 Å². The van der Waals surface area contributed by atoms with Crippen molar-refractivity contribution in [3.05, 3.63) is 42.0 Å². The summed E-state index contributed by atoms with van der Waals surface area (Å²) in [5.41, 5.74) is 4.04. The summed E-state index contributed by atoms with van der Waals surface area (Å²) < 4.78 is 0. The van der Waals surface area contributed by atoms with Crippen molar-refractivity contribution in [2.75, 3.05) is 13.1 Å². The van der Waals surface area contributed by atoms with E-state index in [-0.39, 0.29) is 0 Å². The van der Waals surface area contributed by atoms with Gasteiger partial charge in [-0.15, -0.1) is 0 Å². The van der Waals surface area contributed by atoms with Crippen molar-refractivity contribution >= 4 is 5.57 Å². The van der Waals surface area contributed by atoms with E-state index >= 15 is 0 Å². The van der Waals surface area contributed by atoms with Gasteiger partial charge in [0.2, 0.25) is 0 Å². The van der Waals surface area contributed by atoms with Crippen LogP contribution in [0.1, 0.15) is 56.1 Å². The summed E-state index contributed by atoms with van der Waals surface area (Å²) in [6.07, 6.45) is 9.80. The van der Waals surface area contributed by atoms with Crippen LogP contribution in [0.4, 0.5) is 0 Å². The molecule has 114 valence electrons. The molecule has 1 nitrogen and oxygen atoms in total. The van der Waals surface area contributed by atoms with Crippen molar-refractivity contribution in [2.24, 2.45) is 5.92 Å². The first-order chi connectivity index (χ1) is 10.2. The lowest BCUT2D eigenvalue weighted by Gasteiger charge is -2.39. The third kappa shape index (κ3) is 3.58. The predicted molar refractivity (Wildman–Crippen MR) is 91.4 cm³/mol. The highest BCUT2D eigenvalue weighted by Gasteiger charge is 2.27. The molecular formula is C20H29N. The van der Waals surface area contributed by atoms with E-state index in [0.29, 0.717) is 5.92 Å². The van der Waals surface area contributed by atoms with Gasteiger partial charge in [-0.25, -0.2) is 0 Å². The van der Waals surface area contributed by atoms with Gasteiger partial charge in [-0.2, -0.15) is 0 Å². The SMILES string of the molecule is C=C(c1ccc(C)cc1)C1CCN(C2CCCCC2)CC1. The van der Waals surface area contributed by atoms with E-state index in [2.05, 4.69) is 42.7 Å². The van der Waals surface area contributed by atoms with Crippen LogP contribution in [0.25, 0.3) is 5.57 Å². The van der Waals surface area contributed by atoms with E-state index in [9.17, 15) is 0 Å². The van der Waals surface area contributed by atoms with Gasteiger partial charge in [-0.1, -0.05) is 55.7 Å². The van der Waals surface area contributed by atoms with Crippen LogP contribution >= 0.6 is 0 Å². The summed E-state index contributed by atoms with van der Waals surface area (Å²) in [5.74, 6) is 0.688. The topological polar surface area (TPSA) is 3.24 Å². The summed E-state index contributed by atoms with van der Waals surface area (Å²) in [7, 11) is 0. The molecule has 1 aromatic rings. The average molecular weight is 283 g/mol. The standard InChI is InChI=1S/C20H29N/c1-16-8-10-18(11-9-16)17(2)19-12-14-21(15-13-19)20-6-4-3-5-7-20/h8-11,19-20H,2-7,12-15H2,1H3. The molecule has 0 amide bonds. The van der Waals surface area contributed by atoms with E-state index in [1.165, 1.54) is 74.7 Å². The van der Waals surface area contributed by atoms with Gasteiger partial charge < -0.3 is 4.90 Å². The molecule has 0 unspecified atom stereocenters. The molecule has 1 saturated carbocycles. The number of allylic oxidation sites excluding steroid dienone is 1. The highest BCUT2D eigenvalue weighted by molar-refractivity contribution is 5.65. The molecule has 2 fully saturated rings. The van der Waals surface area contributed by atoms with Crippen LogP contribution in [0.15, 0.2) is 30.8 Å². The van der Waals surface area contributed by atoms with Crippen LogP contribution in [0.5, 0.6) is 0 Å². The van der Waals surface area contributed by atoms with Crippen molar-refractivity contribution in [2.45, 2.75) is 57.9 Å². The Morgan fingerprint density at radius 2 is 1.57 bits per heavy atom. The number of nitrogens with zero attached hydrogens (tertiary/aromatic N) is 1. The van der Waals surface area contributed by atoms with Crippen molar-refractivity contribution < 1.29 is 0 Å². The molecule has 1 aliphatic heterocycles. The molecule has 21 heavy (non-hydrogen) atoms. The van der Waals surface area contributed by atoms with Crippen LogP contribution < -0.4 is 0 Å². The quantitative estimate of drug-likeness (QED) is 0.750. The van der Waals surface area contributed by atoms with Crippen molar-refractivity contribution in [3.8, 4) is 0 Å². The Morgan fingerprint density at radius 3 is 2.19 bits per heavy atom. The molecule has 1 aromatic carbocycles. The Bertz CT molecular complexity index is 459. The number of likely N-dealkylation sites (tertiary alicyclic amines) is 1. The molecule has 2 aliphatic rings. The van der Waals surface area contributed by atoms with Crippen molar-refractivity contribution in [1.82, 2.24) is 4.90 Å². The third-order valence-corrected chi connectivity index (χ3v) is 5.54. The second-order valence-electron chi connectivity index (χ2n) is 6.99. The van der Waals surface area contributed by atoms with Gasteiger partial charge in [0.05, 0.1) is 0 Å². The molecule has 0 aromatic heterocycles. The van der Waals surface area contributed by atoms with Crippen LogP contribution in [-0.4, -0.2) is 24.0 Å². The minimum atomic E-state index is 0.688. The van der Waals surface area contributed by atoms with Gasteiger partial charge >= 0.3 is 0 Å². The number of rotatable bonds is 3. The highest BCUT2D eigenvalue weighted by atomic mass is 15.2. The maximum atomic E-state index is 4.40. The lowest BCUT2D eigenvalue weighted by molar-refractivity contribution is 0.119. The number of aryl methyl sites for hydroxylation is 1. The largest absolute Gasteiger partial charge is 0.300 e. The van der Waals surface area contributed by atoms with E-state index in [1.54, 1.807) is 0 Å². The number of piperidine rings is 1. The zero-order chi connectivity index (χ0) is 14.7. The van der Waals surface area contributed by atoms with E-state index < -0.39 is 0 Å². The predicted octanol–water partition coefficient (Wildman–Crippen LogP) is 5.05. The lowest BCUT2D eigenvalue weighted by atomic mass is 9.84. The molecule has 3 rings (SSSR count). The second-order valence-corrected chi connectivity index (χ2v) is 6.99. The molecule has 1 aliphatic carbocycles. The molecule has 0 spiro atoms. The fourth-order valence-corrected chi connectivity index (χ4v) is 4.06. The smallest absolute Gasteiger partial charge is 0.00952 e. The zero-order valence-electron chi connectivity index (χ0n) is 13.5. The van der Waals surface area contributed by atoms with Crippen LogP contribution in [0, 0.1) is 12.8 Å². The van der Waals surface area contributed by atoms with Gasteiger partial charge in [-0.05, 0) is 62.8 Å². The fraction of sp³-hybridized carbons (Fsp3) is 0.600. The number of hydrogen-bond acceptors (Lipinski definition) is 1. The van der Waals surface area contributed by atoms with E-state index in [1.807, 2.05) is 0 Å². The molecule has 0 radical (unpaired) electrons. The minimum Gasteiger partial charge on any atom is -0.300 e. The maximum absolute atomic E-state index is 4.40. The van der Waals surface area contributed by atoms with Gasteiger partial charge in [0.15, 0.2) is 0 Å². The Balaban J connectivity index is 1.55. The third-order valence-electron chi connectivity index (χ3n) is 5.54. The second kappa shape index (κ2) is 6.79. The average Bonchev–Trinajstić information content (AvgIpc) is 2.56. The summed E-state index contributed by atoms with van der Waals surface area (Å²) in [4.78, 5) is 2.76. The van der Waals surface area contributed by atoms with Gasteiger partial charge in [0.25, 0.3) is 0 Å². The molecule has 1 heterocycles. The Labute approximate surface area is 130 Å². The monoisotopic (exact) mass is 283 g/mol. The zero-order valence-corrected chi connectivity index (χ0v) is 13.5. The van der Waals surface area contributed by atoms with Crippen LogP contribution in [0.2, 0.25) is 0 Å². The fourth-order valence-electron chi connectivity index (χ4n) is 4.06. The molecule has 0 N–H and O–H groups in total. The molecular weight excluding hydrogens is 254 g/mol. The number of hydrogen-bond donors (Lipinski definition) is 0. The van der Waals surface area contributed by atoms with Gasteiger partial charge in [0, 0.05) is 6.04 Å². The number of benzene rings is 1. The van der Waals surface area contributed by atoms with Crippen LogP contribution in [-0.2, 0) is 0 Å². The van der Waals surface area contributed by atoms with Crippen molar-refractivity contribution in [1.29, 1.82) is 0 Å². The summed E-state index contributed by atoms with van der Waals surface area (Å²) >= 11 is 0. The molecule has 0 bridgehead atoms. The first kappa shape index (κ1) is 14.8. The lowest BCUT2D eigenvalue weighted by Crippen LogP contribution is -2.42.